The molecule has 0 bridgehead atoms. The SMILES string of the molecule is Cc1[nH]c2ccccc2c1C(=O)C(=O)NCC(C)c1ccccc1. The Morgan fingerprint density at radius 3 is 2.46 bits per heavy atom. The van der Waals surface area contributed by atoms with Crippen molar-refractivity contribution in [3.63, 3.8) is 0 Å². The van der Waals surface area contributed by atoms with Crippen LogP contribution in [0.1, 0.15) is 34.5 Å². The number of hydrogen-bond acceptors (Lipinski definition) is 2. The Kier molecular flexibility index (Phi) is 4.47. The number of hydrogen-bond donors (Lipinski definition) is 2. The molecule has 0 aliphatic rings. The number of aromatic nitrogens is 1. The topological polar surface area (TPSA) is 62.0 Å². The molecule has 3 aromatic rings. The first-order valence-corrected chi connectivity index (χ1v) is 8.02. The van der Waals surface area contributed by atoms with Gasteiger partial charge in [0, 0.05) is 23.1 Å². The van der Waals surface area contributed by atoms with Gasteiger partial charge in [0.2, 0.25) is 0 Å². The molecule has 1 heterocycles. The van der Waals surface area contributed by atoms with Crippen LogP contribution in [0.5, 0.6) is 0 Å². The first kappa shape index (κ1) is 16.0. The van der Waals surface area contributed by atoms with E-state index in [9.17, 15) is 9.59 Å². The molecule has 1 unspecified atom stereocenters. The Hall–Kier alpha value is -2.88. The first-order valence-electron chi connectivity index (χ1n) is 8.02. The van der Waals surface area contributed by atoms with E-state index in [1.165, 1.54) is 0 Å². The van der Waals surface area contributed by atoms with Crippen molar-refractivity contribution >= 4 is 22.6 Å². The quantitative estimate of drug-likeness (QED) is 0.557. The third-order valence-corrected chi connectivity index (χ3v) is 4.26. The fourth-order valence-electron chi connectivity index (χ4n) is 2.91. The highest BCUT2D eigenvalue weighted by Gasteiger charge is 2.22. The minimum atomic E-state index is -0.564. The fraction of sp³-hybridized carbons (Fsp3) is 0.200. The number of H-pyrrole nitrogens is 1. The lowest BCUT2D eigenvalue weighted by atomic mass is 10.0. The number of amides is 1. The van der Waals surface area contributed by atoms with Crippen LogP contribution in [-0.4, -0.2) is 23.2 Å². The summed E-state index contributed by atoms with van der Waals surface area (Å²) >= 11 is 0. The summed E-state index contributed by atoms with van der Waals surface area (Å²) in [5.74, 6) is -0.914. The van der Waals surface area contributed by atoms with Crippen LogP contribution >= 0.6 is 0 Å². The Balaban J connectivity index is 1.73. The van der Waals surface area contributed by atoms with Gasteiger partial charge in [-0.1, -0.05) is 55.5 Å². The highest BCUT2D eigenvalue weighted by molar-refractivity contribution is 6.45. The Morgan fingerprint density at radius 1 is 1.04 bits per heavy atom. The van der Waals surface area contributed by atoms with Crippen LogP contribution in [0.15, 0.2) is 54.6 Å². The van der Waals surface area contributed by atoms with Gasteiger partial charge in [-0.2, -0.15) is 0 Å². The summed E-state index contributed by atoms with van der Waals surface area (Å²) in [7, 11) is 0. The predicted molar refractivity (Wildman–Crippen MR) is 95.2 cm³/mol. The van der Waals surface area contributed by atoms with Gasteiger partial charge in [-0.25, -0.2) is 0 Å². The summed E-state index contributed by atoms with van der Waals surface area (Å²) in [6, 6.07) is 17.4. The van der Waals surface area contributed by atoms with E-state index in [1.807, 2.05) is 68.4 Å². The molecule has 0 saturated heterocycles. The van der Waals surface area contributed by atoms with Gasteiger partial charge in [0.05, 0.1) is 5.56 Å². The lowest BCUT2D eigenvalue weighted by Crippen LogP contribution is -2.33. The number of aryl methyl sites for hydroxylation is 1. The molecule has 1 atom stereocenters. The summed E-state index contributed by atoms with van der Waals surface area (Å²) in [4.78, 5) is 28.0. The predicted octanol–water partition coefficient (Wildman–Crippen LogP) is 3.58. The second kappa shape index (κ2) is 6.71. The molecule has 3 rings (SSSR count). The van der Waals surface area contributed by atoms with Gasteiger partial charge >= 0.3 is 0 Å². The molecule has 0 aliphatic heterocycles. The average molecular weight is 320 g/mol. The van der Waals surface area contributed by atoms with Gasteiger partial charge in [0.25, 0.3) is 11.7 Å². The standard InChI is InChI=1S/C20H20N2O2/c1-13(15-8-4-3-5-9-15)12-21-20(24)19(23)18-14(2)22-17-11-7-6-10-16(17)18/h3-11,13,22H,12H2,1-2H3,(H,21,24). The molecule has 0 aliphatic carbocycles. The molecule has 2 aromatic carbocycles. The zero-order valence-corrected chi connectivity index (χ0v) is 13.8. The maximum Gasteiger partial charge on any atom is 0.292 e. The normalized spacial score (nSPS) is 12.1. The monoisotopic (exact) mass is 320 g/mol. The van der Waals surface area contributed by atoms with Crippen molar-refractivity contribution in [2.45, 2.75) is 19.8 Å². The van der Waals surface area contributed by atoms with Gasteiger partial charge in [-0.05, 0) is 24.5 Å². The van der Waals surface area contributed by atoms with E-state index < -0.39 is 11.7 Å². The van der Waals surface area contributed by atoms with Crippen LogP contribution in [-0.2, 0) is 4.79 Å². The van der Waals surface area contributed by atoms with Crippen LogP contribution < -0.4 is 5.32 Å². The highest BCUT2D eigenvalue weighted by Crippen LogP contribution is 2.22. The molecular formula is C20H20N2O2. The molecule has 24 heavy (non-hydrogen) atoms. The van der Waals surface area contributed by atoms with Crippen molar-refractivity contribution in [3.8, 4) is 0 Å². The number of benzene rings is 2. The molecule has 0 radical (unpaired) electrons. The number of ketones is 1. The highest BCUT2D eigenvalue weighted by atomic mass is 16.2. The number of fused-ring (bicyclic) bond motifs is 1. The second-order valence-corrected chi connectivity index (χ2v) is 6.02. The molecule has 1 aromatic heterocycles. The maximum atomic E-state index is 12.6. The summed E-state index contributed by atoms with van der Waals surface area (Å²) < 4.78 is 0. The van der Waals surface area contributed by atoms with Crippen LogP contribution in [0.4, 0.5) is 0 Å². The van der Waals surface area contributed by atoms with Gasteiger partial charge in [-0.3, -0.25) is 9.59 Å². The smallest absolute Gasteiger partial charge is 0.292 e. The van der Waals surface area contributed by atoms with E-state index in [0.717, 1.165) is 16.5 Å². The van der Waals surface area contributed by atoms with E-state index in [4.69, 9.17) is 0 Å². The molecule has 122 valence electrons. The number of carbonyl (C=O) groups excluding carboxylic acids is 2. The van der Waals surface area contributed by atoms with Gasteiger partial charge in [0.15, 0.2) is 0 Å². The van der Waals surface area contributed by atoms with E-state index >= 15 is 0 Å². The Morgan fingerprint density at radius 2 is 1.71 bits per heavy atom. The van der Waals surface area contributed by atoms with Crippen LogP contribution in [0.2, 0.25) is 0 Å². The second-order valence-electron chi connectivity index (χ2n) is 6.02. The van der Waals surface area contributed by atoms with Crippen molar-refractivity contribution in [2.24, 2.45) is 0 Å². The van der Waals surface area contributed by atoms with Gasteiger partial charge in [-0.15, -0.1) is 0 Å². The Bertz CT molecular complexity index is 881. The van der Waals surface area contributed by atoms with Crippen molar-refractivity contribution in [3.05, 3.63) is 71.4 Å². The molecule has 4 heteroatoms. The molecule has 2 N–H and O–H groups in total. The van der Waals surface area contributed by atoms with Crippen LogP contribution in [0.3, 0.4) is 0 Å². The lowest BCUT2D eigenvalue weighted by Gasteiger charge is -2.12. The first-order chi connectivity index (χ1) is 11.6. The molecule has 0 spiro atoms. The number of aromatic amines is 1. The third kappa shape index (κ3) is 3.08. The molecule has 0 saturated carbocycles. The maximum absolute atomic E-state index is 12.6. The van der Waals surface area contributed by atoms with Crippen LogP contribution in [0, 0.1) is 6.92 Å². The van der Waals surface area contributed by atoms with Crippen molar-refractivity contribution in [2.75, 3.05) is 6.54 Å². The number of nitrogens with one attached hydrogen (secondary N) is 2. The number of rotatable bonds is 5. The lowest BCUT2D eigenvalue weighted by molar-refractivity contribution is -0.117. The van der Waals surface area contributed by atoms with Crippen LogP contribution in [0.25, 0.3) is 10.9 Å². The van der Waals surface area contributed by atoms with E-state index in [1.54, 1.807) is 0 Å². The van der Waals surface area contributed by atoms with E-state index in [2.05, 4.69) is 10.3 Å². The van der Waals surface area contributed by atoms with Gasteiger partial charge < -0.3 is 10.3 Å². The fourth-order valence-corrected chi connectivity index (χ4v) is 2.91. The summed E-state index contributed by atoms with van der Waals surface area (Å²) in [5.41, 5.74) is 3.17. The average Bonchev–Trinajstić information content (AvgIpc) is 2.95. The minimum Gasteiger partial charge on any atom is -0.358 e. The third-order valence-electron chi connectivity index (χ3n) is 4.26. The number of para-hydroxylation sites is 1. The summed E-state index contributed by atoms with van der Waals surface area (Å²) in [5, 5.41) is 3.54. The molecular weight excluding hydrogens is 300 g/mol. The van der Waals surface area contributed by atoms with Crippen molar-refractivity contribution in [1.29, 1.82) is 0 Å². The zero-order chi connectivity index (χ0) is 17.1. The minimum absolute atomic E-state index is 0.145. The zero-order valence-electron chi connectivity index (χ0n) is 13.8. The van der Waals surface area contributed by atoms with Gasteiger partial charge in [0.1, 0.15) is 0 Å². The van der Waals surface area contributed by atoms with E-state index in [-0.39, 0.29) is 5.92 Å². The van der Waals surface area contributed by atoms with Crippen molar-refractivity contribution in [1.82, 2.24) is 10.3 Å². The van der Waals surface area contributed by atoms with E-state index in [0.29, 0.717) is 17.8 Å². The Labute approximate surface area is 140 Å². The summed E-state index contributed by atoms with van der Waals surface area (Å²) in [6.07, 6.45) is 0. The molecule has 4 nitrogen and oxygen atoms in total. The number of Topliss-reactive ketones (excluding diaryl/α,β-unsaturated/α-hetero) is 1. The number of carbonyl (C=O) groups is 2. The molecule has 0 fully saturated rings. The largest absolute Gasteiger partial charge is 0.358 e. The van der Waals surface area contributed by atoms with Crippen molar-refractivity contribution < 1.29 is 9.59 Å². The molecule has 1 amide bonds. The summed E-state index contributed by atoms with van der Waals surface area (Å²) in [6.45, 7) is 4.26.